The number of likely N-dealkylation sites (N-methyl/N-ethyl adjacent to an activating group) is 1. The van der Waals surface area contributed by atoms with Crippen LogP contribution in [-0.2, 0) is 26.2 Å². The molecule has 0 spiro atoms. The van der Waals surface area contributed by atoms with Crippen LogP contribution >= 0.6 is 11.6 Å². The van der Waals surface area contributed by atoms with Gasteiger partial charge in [-0.3, -0.25) is 13.9 Å². The molecule has 3 aromatic rings. The van der Waals surface area contributed by atoms with Crippen molar-refractivity contribution in [2.24, 2.45) is 0 Å². The van der Waals surface area contributed by atoms with Gasteiger partial charge in [-0.25, -0.2) is 8.42 Å². The maximum atomic E-state index is 13.9. The molecule has 0 unspecified atom stereocenters. The molecule has 0 fully saturated rings. The van der Waals surface area contributed by atoms with Crippen molar-refractivity contribution in [3.05, 3.63) is 88.9 Å². The van der Waals surface area contributed by atoms with Gasteiger partial charge in [0.2, 0.25) is 11.8 Å². The van der Waals surface area contributed by atoms with Crippen molar-refractivity contribution < 1.29 is 22.7 Å². The lowest BCUT2D eigenvalue weighted by Gasteiger charge is -2.32. The average molecular weight is 558 g/mol. The number of aryl methyl sites for hydroxylation is 1. The predicted molar refractivity (Wildman–Crippen MR) is 149 cm³/mol. The minimum Gasteiger partial charge on any atom is -0.495 e. The molecule has 0 aliphatic rings. The van der Waals surface area contributed by atoms with Crippen molar-refractivity contribution in [3.63, 3.8) is 0 Å². The van der Waals surface area contributed by atoms with Crippen LogP contribution in [0.3, 0.4) is 0 Å². The third-order valence-electron chi connectivity index (χ3n) is 6.03. The number of nitrogens with zero attached hydrogens (tertiary/aromatic N) is 2. The zero-order valence-corrected chi connectivity index (χ0v) is 23.4. The highest BCUT2D eigenvalue weighted by molar-refractivity contribution is 7.92. The van der Waals surface area contributed by atoms with Crippen molar-refractivity contribution in [1.29, 1.82) is 0 Å². The van der Waals surface area contributed by atoms with Crippen molar-refractivity contribution in [3.8, 4) is 5.75 Å². The van der Waals surface area contributed by atoms with E-state index in [2.05, 4.69) is 5.32 Å². The maximum absolute atomic E-state index is 13.9. The molecule has 0 aromatic heterocycles. The summed E-state index contributed by atoms with van der Waals surface area (Å²) in [5.74, 6) is -0.650. The summed E-state index contributed by atoms with van der Waals surface area (Å²) in [6, 6.07) is 19.1. The highest BCUT2D eigenvalue weighted by atomic mass is 35.5. The molecule has 10 heteroatoms. The minimum absolute atomic E-state index is 0.0149. The van der Waals surface area contributed by atoms with Gasteiger partial charge in [0.25, 0.3) is 10.0 Å². The minimum atomic E-state index is -4.19. The fraction of sp³-hybridized carbons (Fsp3) is 0.286. The number of sulfonamides is 1. The van der Waals surface area contributed by atoms with Gasteiger partial charge >= 0.3 is 0 Å². The van der Waals surface area contributed by atoms with Crippen molar-refractivity contribution >= 4 is 39.1 Å². The number of amides is 2. The van der Waals surface area contributed by atoms with Crippen LogP contribution in [0.2, 0.25) is 5.02 Å². The second-order valence-electron chi connectivity index (χ2n) is 8.68. The number of benzene rings is 3. The fourth-order valence-electron chi connectivity index (χ4n) is 3.94. The van der Waals surface area contributed by atoms with E-state index < -0.39 is 28.5 Å². The Hall–Kier alpha value is -3.56. The fourth-order valence-corrected chi connectivity index (χ4v) is 5.58. The third-order valence-corrected chi connectivity index (χ3v) is 8.17. The second-order valence-corrected chi connectivity index (χ2v) is 11.0. The Balaban J connectivity index is 2.10. The Bertz CT molecular complexity index is 1380. The van der Waals surface area contributed by atoms with E-state index in [1.54, 1.807) is 74.5 Å². The van der Waals surface area contributed by atoms with Gasteiger partial charge in [0.1, 0.15) is 18.3 Å². The molecule has 8 nitrogen and oxygen atoms in total. The van der Waals surface area contributed by atoms with E-state index in [-0.39, 0.29) is 28.8 Å². The number of carbonyl (C=O) groups excluding carboxylic acids is 2. The van der Waals surface area contributed by atoms with Gasteiger partial charge in [-0.15, -0.1) is 0 Å². The van der Waals surface area contributed by atoms with E-state index >= 15 is 0 Å². The summed E-state index contributed by atoms with van der Waals surface area (Å²) in [6.07, 6.45) is 0. The van der Waals surface area contributed by atoms with E-state index in [9.17, 15) is 18.0 Å². The van der Waals surface area contributed by atoms with Crippen LogP contribution in [0.1, 0.15) is 25.0 Å². The molecule has 0 aliphatic heterocycles. The standard InChI is InChI=1S/C28H32ClN3O5S/c1-5-30-28(34)21(3)31(18-22-11-9-10-14-24(22)29)27(33)19-32(25-17-20(2)15-16-26(25)37-4)38(35,36)23-12-7-6-8-13-23/h6-17,21H,5,18-19H2,1-4H3,(H,30,34)/t21-/m0/s1. The molecule has 1 atom stereocenters. The van der Waals surface area contributed by atoms with E-state index in [4.69, 9.17) is 16.3 Å². The third kappa shape index (κ3) is 6.65. The van der Waals surface area contributed by atoms with Crippen molar-refractivity contribution in [2.45, 2.75) is 38.3 Å². The van der Waals surface area contributed by atoms with Gasteiger partial charge in [0, 0.05) is 18.1 Å². The molecule has 0 heterocycles. The summed E-state index contributed by atoms with van der Waals surface area (Å²) in [5, 5.41) is 3.16. The molecule has 3 aromatic carbocycles. The Labute approximate surface area is 229 Å². The zero-order valence-electron chi connectivity index (χ0n) is 21.8. The number of carbonyl (C=O) groups is 2. The van der Waals surface area contributed by atoms with Crippen molar-refractivity contribution in [1.82, 2.24) is 10.2 Å². The number of hydrogen-bond acceptors (Lipinski definition) is 5. The summed E-state index contributed by atoms with van der Waals surface area (Å²) in [7, 11) is -2.76. The smallest absolute Gasteiger partial charge is 0.264 e. The molecular formula is C28H32ClN3O5S. The van der Waals surface area contributed by atoms with Crippen LogP contribution in [0.15, 0.2) is 77.7 Å². The molecule has 0 saturated carbocycles. The maximum Gasteiger partial charge on any atom is 0.264 e. The highest BCUT2D eigenvalue weighted by Gasteiger charge is 2.34. The molecule has 1 N–H and O–H groups in total. The van der Waals surface area contributed by atoms with Gasteiger partial charge < -0.3 is 15.0 Å². The number of nitrogens with one attached hydrogen (secondary N) is 1. The highest BCUT2D eigenvalue weighted by Crippen LogP contribution is 2.33. The normalized spacial score (nSPS) is 11.9. The van der Waals surface area contributed by atoms with Crippen LogP contribution in [0.25, 0.3) is 0 Å². The number of anilines is 1. The molecule has 2 amide bonds. The topological polar surface area (TPSA) is 96.0 Å². The summed E-state index contributed by atoms with van der Waals surface area (Å²) in [6.45, 7) is 5.03. The van der Waals surface area contributed by atoms with E-state index in [0.29, 0.717) is 17.1 Å². The number of rotatable bonds is 11. The average Bonchev–Trinajstić information content (AvgIpc) is 2.91. The first kappa shape index (κ1) is 29.0. The predicted octanol–water partition coefficient (Wildman–Crippen LogP) is 4.41. The van der Waals surface area contributed by atoms with Crippen LogP contribution < -0.4 is 14.4 Å². The number of hydrogen-bond donors (Lipinski definition) is 1. The Morgan fingerprint density at radius 1 is 1.03 bits per heavy atom. The van der Waals surface area contributed by atoms with Crippen LogP contribution in [0, 0.1) is 6.92 Å². The molecule has 0 aliphatic carbocycles. The SMILES string of the molecule is CCNC(=O)[C@H](C)N(Cc1ccccc1Cl)C(=O)CN(c1cc(C)ccc1OC)S(=O)(=O)c1ccccc1. The molecular weight excluding hydrogens is 526 g/mol. The molecule has 0 bridgehead atoms. The first-order valence-corrected chi connectivity index (χ1v) is 13.9. The number of ether oxygens (including phenoxy) is 1. The van der Waals surface area contributed by atoms with Crippen LogP contribution in [0.4, 0.5) is 5.69 Å². The van der Waals surface area contributed by atoms with Crippen LogP contribution in [-0.4, -0.2) is 51.4 Å². The molecule has 38 heavy (non-hydrogen) atoms. The first-order chi connectivity index (χ1) is 18.1. The molecule has 0 radical (unpaired) electrons. The quantitative estimate of drug-likeness (QED) is 0.377. The van der Waals surface area contributed by atoms with E-state index in [0.717, 1.165) is 9.87 Å². The summed E-state index contributed by atoms with van der Waals surface area (Å²) in [5.41, 5.74) is 1.63. The lowest BCUT2D eigenvalue weighted by molar-refractivity contribution is -0.139. The summed E-state index contributed by atoms with van der Waals surface area (Å²) < 4.78 is 34.3. The molecule has 3 rings (SSSR count). The van der Waals surface area contributed by atoms with E-state index in [1.165, 1.54) is 24.1 Å². The number of methoxy groups -OCH3 is 1. The second kappa shape index (κ2) is 12.8. The Kier molecular flexibility index (Phi) is 9.77. The largest absolute Gasteiger partial charge is 0.495 e. The first-order valence-electron chi connectivity index (χ1n) is 12.1. The molecule has 0 saturated heterocycles. The lowest BCUT2D eigenvalue weighted by Crippen LogP contribution is -2.51. The summed E-state index contributed by atoms with van der Waals surface area (Å²) >= 11 is 6.37. The van der Waals surface area contributed by atoms with Gasteiger partial charge in [0.05, 0.1) is 17.7 Å². The monoisotopic (exact) mass is 557 g/mol. The van der Waals surface area contributed by atoms with Crippen LogP contribution in [0.5, 0.6) is 5.75 Å². The lowest BCUT2D eigenvalue weighted by atomic mass is 10.1. The van der Waals surface area contributed by atoms with Gasteiger partial charge in [-0.05, 0) is 62.2 Å². The van der Waals surface area contributed by atoms with E-state index in [1.807, 2.05) is 6.92 Å². The number of halogens is 1. The van der Waals surface area contributed by atoms with Gasteiger partial charge in [0.15, 0.2) is 0 Å². The van der Waals surface area contributed by atoms with Gasteiger partial charge in [-0.1, -0.05) is 54.1 Å². The summed E-state index contributed by atoms with van der Waals surface area (Å²) in [4.78, 5) is 28.1. The molecule has 202 valence electrons. The van der Waals surface area contributed by atoms with Crippen molar-refractivity contribution in [2.75, 3.05) is 24.5 Å². The Morgan fingerprint density at radius 2 is 1.68 bits per heavy atom. The zero-order chi connectivity index (χ0) is 27.9. The van der Waals surface area contributed by atoms with Gasteiger partial charge in [-0.2, -0.15) is 0 Å². The Morgan fingerprint density at radius 3 is 2.32 bits per heavy atom.